The Labute approximate surface area is 145 Å². The zero-order valence-corrected chi connectivity index (χ0v) is 14.2. The van der Waals surface area contributed by atoms with Crippen molar-refractivity contribution in [1.29, 1.82) is 0 Å². The van der Waals surface area contributed by atoms with Crippen LogP contribution in [0, 0.1) is 0 Å². The van der Waals surface area contributed by atoms with Crippen LogP contribution in [-0.4, -0.2) is 67.1 Å². The van der Waals surface area contributed by atoms with Gasteiger partial charge in [-0.05, 0) is 12.1 Å². The number of rotatable bonds is 5. The van der Waals surface area contributed by atoms with E-state index < -0.39 is 18.0 Å². The highest BCUT2D eigenvalue weighted by atomic mass is 16.5. The van der Waals surface area contributed by atoms with Gasteiger partial charge in [0, 0.05) is 33.3 Å². The maximum Gasteiger partial charge on any atom is 0.322 e. The standard InChI is InChI=1S/C16H21N5O4/c1-20(2)14-12(4-3-6-17-14)25-10-5-7-21(9-10)13(22)8-11-15(23)19-16(24)18-11/h3-4,6,10-11H,5,7-9H2,1-2H3,(H2,18,19,23,24)/t10-,11+/m1/s1. The molecular weight excluding hydrogens is 326 g/mol. The third-order valence-electron chi connectivity index (χ3n) is 4.20. The zero-order chi connectivity index (χ0) is 18.0. The zero-order valence-electron chi connectivity index (χ0n) is 14.2. The summed E-state index contributed by atoms with van der Waals surface area (Å²) in [5, 5.41) is 4.56. The molecule has 1 aromatic heterocycles. The lowest BCUT2D eigenvalue weighted by Crippen LogP contribution is -2.38. The summed E-state index contributed by atoms with van der Waals surface area (Å²) in [7, 11) is 3.78. The van der Waals surface area contributed by atoms with Gasteiger partial charge in [-0.1, -0.05) is 0 Å². The number of urea groups is 1. The number of likely N-dealkylation sites (tertiary alicyclic amines) is 1. The Bertz CT molecular complexity index is 693. The van der Waals surface area contributed by atoms with Gasteiger partial charge in [0.2, 0.25) is 5.91 Å². The normalized spacial score (nSPS) is 22.6. The molecule has 9 heteroatoms. The fraction of sp³-hybridized carbons (Fsp3) is 0.500. The molecule has 0 spiro atoms. The second kappa shape index (κ2) is 6.96. The van der Waals surface area contributed by atoms with Crippen LogP contribution in [0.5, 0.6) is 5.75 Å². The van der Waals surface area contributed by atoms with Gasteiger partial charge in [-0.25, -0.2) is 9.78 Å². The Morgan fingerprint density at radius 1 is 1.44 bits per heavy atom. The van der Waals surface area contributed by atoms with Crippen molar-refractivity contribution in [1.82, 2.24) is 20.5 Å². The van der Waals surface area contributed by atoms with Crippen molar-refractivity contribution in [3.63, 3.8) is 0 Å². The van der Waals surface area contributed by atoms with Crippen molar-refractivity contribution in [3.05, 3.63) is 18.3 Å². The molecule has 0 radical (unpaired) electrons. The van der Waals surface area contributed by atoms with Gasteiger partial charge in [-0.3, -0.25) is 14.9 Å². The van der Waals surface area contributed by atoms with Gasteiger partial charge < -0.3 is 19.9 Å². The van der Waals surface area contributed by atoms with Crippen molar-refractivity contribution < 1.29 is 19.1 Å². The molecule has 0 bridgehead atoms. The molecule has 9 nitrogen and oxygen atoms in total. The molecule has 0 aliphatic carbocycles. The summed E-state index contributed by atoms with van der Waals surface area (Å²) >= 11 is 0. The van der Waals surface area contributed by atoms with E-state index >= 15 is 0 Å². The van der Waals surface area contributed by atoms with Crippen LogP contribution in [0.3, 0.4) is 0 Å². The van der Waals surface area contributed by atoms with Crippen molar-refractivity contribution in [2.45, 2.75) is 25.0 Å². The highest BCUT2D eigenvalue weighted by Gasteiger charge is 2.35. The minimum Gasteiger partial charge on any atom is -0.485 e. The van der Waals surface area contributed by atoms with Crippen molar-refractivity contribution in [3.8, 4) is 5.75 Å². The van der Waals surface area contributed by atoms with Crippen LogP contribution in [0.1, 0.15) is 12.8 Å². The second-order valence-electron chi connectivity index (χ2n) is 6.31. The molecule has 2 fully saturated rings. The van der Waals surface area contributed by atoms with E-state index in [9.17, 15) is 14.4 Å². The summed E-state index contributed by atoms with van der Waals surface area (Å²) in [5.74, 6) is 0.774. The molecule has 3 rings (SSSR count). The number of pyridine rings is 1. The number of carbonyl (C=O) groups excluding carboxylic acids is 3. The van der Waals surface area contributed by atoms with Gasteiger partial charge in [-0.2, -0.15) is 0 Å². The molecule has 2 aliphatic heterocycles. The van der Waals surface area contributed by atoms with E-state index in [4.69, 9.17) is 4.74 Å². The van der Waals surface area contributed by atoms with Crippen LogP contribution < -0.4 is 20.3 Å². The third kappa shape index (κ3) is 3.81. The molecule has 25 heavy (non-hydrogen) atoms. The quantitative estimate of drug-likeness (QED) is 0.711. The maximum absolute atomic E-state index is 12.3. The number of carbonyl (C=O) groups is 3. The van der Waals surface area contributed by atoms with E-state index in [1.54, 1.807) is 11.1 Å². The van der Waals surface area contributed by atoms with Crippen LogP contribution in [0.25, 0.3) is 0 Å². The molecule has 1 aromatic rings. The predicted molar refractivity (Wildman–Crippen MR) is 89.3 cm³/mol. The van der Waals surface area contributed by atoms with Gasteiger partial charge in [0.05, 0.1) is 13.0 Å². The number of ether oxygens (including phenoxy) is 1. The molecule has 0 unspecified atom stereocenters. The van der Waals surface area contributed by atoms with Gasteiger partial charge in [0.15, 0.2) is 11.6 Å². The van der Waals surface area contributed by atoms with Crippen LogP contribution >= 0.6 is 0 Å². The van der Waals surface area contributed by atoms with E-state index in [-0.39, 0.29) is 18.4 Å². The van der Waals surface area contributed by atoms with Crippen LogP contribution in [0.15, 0.2) is 18.3 Å². The summed E-state index contributed by atoms with van der Waals surface area (Å²) in [5.41, 5.74) is 0. The molecule has 0 saturated carbocycles. The number of nitrogens with one attached hydrogen (secondary N) is 2. The molecule has 2 atom stereocenters. The highest BCUT2D eigenvalue weighted by Crippen LogP contribution is 2.26. The fourth-order valence-corrected chi connectivity index (χ4v) is 2.95. The predicted octanol–water partition coefficient (Wildman–Crippen LogP) is -0.275. The van der Waals surface area contributed by atoms with Crippen LogP contribution in [0.2, 0.25) is 0 Å². The lowest BCUT2D eigenvalue weighted by atomic mass is 10.2. The van der Waals surface area contributed by atoms with Gasteiger partial charge in [0.1, 0.15) is 12.1 Å². The number of anilines is 1. The Morgan fingerprint density at radius 2 is 2.24 bits per heavy atom. The third-order valence-corrected chi connectivity index (χ3v) is 4.20. The summed E-state index contributed by atoms with van der Waals surface area (Å²) in [6.45, 7) is 1.01. The molecule has 2 aliphatic rings. The molecule has 3 heterocycles. The first-order valence-corrected chi connectivity index (χ1v) is 8.12. The topological polar surface area (TPSA) is 104 Å². The largest absolute Gasteiger partial charge is 0.485 e. The summed E-state index contributed by atoms with van der Waals surface area (Å²) < 4.78 is 6.01. The Hall–Kier alpha value is -2.84. The van der Waals surface area contributed by atoms with Crippen molar-refractivity contribution in [2.75, 3.05) is 32.1 Å². The minimum absolute atomic E-state index is 0.0415. The van der Waals surface area contributed by atoms with Crippen LogP contribution in [0.4, 0.5) is 10.6 Å². The Morgan fingerprint density at radius 3 is 2.92 bits per heavy atom. The van der Waals surface area contributed by atoms with Crippen molar-refractivity contribution in [2.24, 2.45) is 0 Å². The maximum atomic E-state index is 12.3. The number of aromatic nitrogens is 1. The van der Waals surface area contributed by atoms with E-state index in [2.05, 4.69) is 15.6 Å². The lowest BCUT2D eigenvalue weighted by molar-refractivity contribution is -0.133. The van der Waals surface area contributed by atoms with E-state index in [0.717, 1.165) is 5.82 Å². The Kier molecular flexibility index (Phi) is 4.73. The smallest absolute Gasteiger partial charge is 0.322 e. The summed E-state index contributed by atoms with van der Waals surface area (Å²) in [6.07, 6.45) is 2.24. The SMILES string of the molecule is CN(C)c1ncccc1O[C@@H]1CCN(C(=O)C[C@@H]2NC(=O)NC2=O)C1. The lowest BCUT2D eigenvalue weighted by Gasteiger charge is -2.21. The average molecular weight is 347 g/mol. The molecule has 0 aromatic carbocycles. The van der Waals surface area contributed by atoms with E-state index in [0.29, 0.717) is 25.3 Å². The fourth-order valence-electron chi connectivity index (χ4n) is 2.95. The summed E-state index contributed by atoms with van der Waals surface area (Å²) in [4.78, 5) is 42.8. The Balaban J connectivity index is 1.56. The number of imide groups is 1. The monoisotopic (exact) mass is 347 g/mol. The average Bonchev–Trinajstić information content (AvgIpc) is 3.14. The molecule has 2 saturated heterocycles. The molecule has 4 amide bonds. The van der Waals surface area contributed by atoms with Gasteiger partial charge >= 0.3 is 6.03 Å². The first-order chi connectivity index (χ1) is 11.9. The minimum atomic E-state index is -0.793. The van der Waals surface area contributed by atoms with Crippen molar-refractivity contribution >= 4 is 23.7 Å². The number of hydrogen-bond acceptors (Lipinski definition) is 6. The molecular formula is C16H21N5O4. The molecule has 134 valence electrons. The van der Waals surface area contributed by atoms with Gasteiger partial charge in [-0.15, -0.1) is 0 Å². The second-order valence-corrected chi connectivity index (χ2v) is 6.31. The number of amides is 4. The number of hydrogen-bond donors (Lipinski definition) is 2. The summed E-state index contributed by atoms with van der Waals surface area (Å²) in [6, 6.07) is 2.31. The highest BCUT2D eigenvalue weighted by molar-refractivity contribution is 6.05. The van der Waals surface area contributed by atoms with E-state index in [1.165, 1.54) is 0 Å². The van der Waals surface area contributed by atoms with Gasteiger partial charge in [0.25, 0.3) is 5.91 Å². The molecule has 2 N–H and O–H groups in total. The first kappa shape index (κ1) is 17.0. The van der Waals surface area contributed by atoms with E-state index in [1.807, 2.05) is 31.1 Å². The number of nitrogens with zero attached hydrogens (tertiary/aromatic N) is 3. The van der Waals surface area contributed by atoms with Crippen LogP contribution in [-0.2, 0) is 9.59 Å². The first-order valence-electron chi connectivity index (χ1n) is 8.12.